The van der Waals surface area contributed by atoms with Crippen molar-refractivity contribution in [2.75, 3.05) is 26.2 Å². The first-order chi connectivity index (χ1) is 20.1. The lowest BCUT2D eigenvalue weighted by Gasteiger charge is -2.19. The van der Waals surface area contributed by atoms with Gasteiger partial charge in [-0.25, -0.2) is 4.39 Å². The van der Waals surface area contributed by atoms with Crippen molar-refractivity contribution in [1.29, 1.82) is 0 Å². The maximum Gasteiger partial charge on any atom is 0.277 e. The fourth-order valence-corrected chi connectivity index (χ4v) is 6.27. The van der Waals surface area contributed by atoms with E-state index in [2.05, 4.69) is 51.2 Å². The zero-order valence-corrected chi connectivity index (χ0v) is 24.7. The van der Waals surface area contributed by atoms with Crippen LogP contribution in [0.25, 0.3) is 11.3 Å². The molecule has 1 aliphatic carbocycles. The minimum atomic E-state index is -0.256. The Kier molecular flexibility index (Phi) is 10.0. The van der Waals surface area contributed by atoms with E-state index in [1.807, 2.05) is 18.2 Å². The van der Waals surface area contributed by atoms with Gasteiger partial charge in [0.2, 0.25) is 0 Å². The molecule has 0 N–H and O–H groups in total. The van der Waals surface area contributed by atoms with Crippen molar-refractivity contribution in [2.45, 2.75) is 63.7 Å². The van der Waals surface area contributed by atoms with E-state index >= 15 is 0 Å². The molecule has 9 heteroatoms. The molecule has 0 bridgehead atoms. The van der Waals surface area contributed by atoms with Crippen molar-refractivity contribution in [3.63, 3.8) is 0 Å². The Morgan fingerprint density at radius 2 is 1.80 bits per heavy atom. The van der Waals surface area contributed by atoms with Crippen LogP contribution in [0.2, 0.25) is 0 Å². The lowest BCUT2D eigenvalue weighted by atomic mass is 10.1. The summed E-state index contributed by atoms with van der Waals surface area (Å²) in [7, 11) is 0. The maximum atomic E-state index is 13.4. The number of likely N-dealkylation sites (N-methyl/N-ethyl adjacent to an activating group) is 1. The predicted molar refractivity (Wildman–Crippen MR) is 162 cm³/mol. The normalized spacial score (nSPS) is 12.8. The van der Waals surface area contributed by atoms with Crippen LogP contribution in [-0.2, 0) is 43.0 Å². The van der Waals surface area contributed by atoms with Crippen molar-refractivity contribution in [3.05, 3.63) is 99.3 Å². The lowest BCUT2D eigenvalue weighted by Crippen LogP contribution is -2.28. The van der Waals surface area contributed by atoms with Gasteiger partial charge < -0.3 is 14.2 Å². The second-order valence-electron chi connectivity index (χ2n) is 10.2. The fourth-order valence-electron chi connectivity index (χ4n) is 5.28. The number of benzene rings is 2. The Hall–Kier alpha value is -3.27. The Bertz CT molecular complexity index is 1480. The summed E-state index contributed by atoms with van der Waals surface area (Å²) in [4.78, 5) is 19.6. The van der Waals surface area contributed by atoms with Gasteiger partial charge in [-0.2, -0.15) is 10.1 Å². The number of thioether (sulfide) groups is 1. The van der Waals surface area contributed by atoms with E-state index in [1.54, 1.807) is 12.1 Å². The number of nitrogens with zero attached hydrogens (tertiary/aromatic N) is 5. The van der Waals surface area contributed by atoms with E-state index in [1.165, 1.54) is 23.9 Å². The smallest absolute Gasteiger partial charge is 0.277 e. The second-order valence-corrected chi connectivity index (χ2v) is 11.2. The summed E-state index contributed by atoms with van der Waals surface area (Å²) < 4.78 is 23.8. The van der Waals surface area contributed by atoms with Gasteiger partial charge >= 0.3 is 0 Å². The zero-order valence-electron chi connectivity index (χ0n) is 23.9. The molecule has 1 aliphatic rings. The Labute approximate surface area is 245 Å². The number of aromatic nitrogens is 4. The Balaban J connectivity index is 1.28. The van der Waals surface area contributed by atoms with Crippen LogP contribution in [0.3, 0.4) is 0 Å². The van der Waals surface area contributed by atoms with Crippen LogP contribution < -0.4 is 5.56 Å². The van der Waals surface area contributed by atoms with Gasteiger partial charge in [0, 0.05) is 35.7 Å². The molecule has 41 heavy (non-hydrogen) atoms. The van der Waals surface area contributed by atoms with E-state index in [0.29, 0.717) is 30.7 Å². The average molecular weight is 576 g/mol. The molecular formula is C32H38FN5O2S. The largest absolute Gasteiger partial charge is 0.373 e. The van der Waals surface area contributed by atoms with Crippen LogP contribution in [-0.4, -0.2) is 50.5 Å². The molecule has 0 fully saturated rings. The molecule has 0 aliphatic heterocycles. The molecule has 216 valence electrons. The highest BCUT2D eigenvalue weighted by Gasteiger charge is 2.22. The van der Waals surface area contributed by atoms with Crippen LogP contribution in [0.1, 0.15) is 42.8 Å². The van der Waals surface area contributed by atoms with Crippen LogP contribution in [0.15, 0.2) is 70.6 Å². The van der Waals surface area contributed by atoms with Crippen molar-refractivity contribution >= 4 is 11.8 Å². The first-order valence-electron chi connectivity index (χ1n) is 14.5. The molecule has 0 atom stereocenters. The molecule has 2 aromatic carbocycles. The van der Waals surface area contributed by atoms with Gasteiger partial charge in [-0.15, -0.1) is 0 Å². The molecule has 0 radical (unpaired) electrons. The summed E-state index contributed by atoms with van der Waals surface area (Å²) in [5.41, 5.74) is 5.86. The highest BCUT2D eigenvalue weighted by molar-refractivity contribution is 7.98. The summed E-state index contributed by atoms with van der Waals surface area (Å²) in [5.74, 6) is 0.356. The third-order valence-corrected chi connectivity index (χ3v) is 8.69. The van der Waals surface area contributed by atoms with Gasteiger partial charge in [0.05, 0.1) is 31.1 Å². The van der Waals surface area contributed by atoms with Gasteiger partial charge in [0.1, 0.15) is 5.82 Å². The minimum absolute atomic E-state index is 0.123. The summed E-state index contributed by atoms with van der Waals surface area (Å²) >= 11 is 1.51. The molecule has 7 nitrogen and oxygen atoms in total. The van der Waals surface area contributed by atoms with Gasteiger partial charge in [0.25, 0.3) is 5.56 Å². The number of hydrogen-bond donors (Lipinski definition) is 0. The third-order valence-electron chi connectivity index (χ3n) is 7.65. The van der Waals surface area contributed by atoms with Gasteiger partial charge in [-0.3, -0.25) is 9.48 Å². The summed E-state index contributed by atoms with van der Waals surface area (Å²) in [5, 5.41) is 5.61. The number of fused-ring (bicyclic) bond motifs is 1. The Morgan fingerprint density at radius 1 is 1.02 bits per heavy atom. The quantitative estimate of drug-likeness (QED) is 0.111. The average Bonchev–Trinajstić information content (AvgIpc) is 3.65. The minimum Gasteiger partial charge on any atom is -0.373 e. The number of hydrogen-bond acceptors (Lipinski definition) is 6. The first-order valence-corrected chi connectivity index (χ1v) is 15.5. The number of ether oxygens (including phenoxy) is 1. The maximum absolute atomic E-state index is 13.4. The third kappa shape index (κ3) is 7.33. The topological polar surface area (TPSA) is 65.2 Å². The monoisotopic (exact) mass is 575 g/mol. The molecule has 0 amide bonds. The number of halogens is 1. The van der Waals surface area contributed by atoms with Crippen molar-refractivity contribution in [3.8, 4) is 11.3 Å². The zero-order chi connectivity index (χ0) is 28.6. The van der Waals surface area contributed by atoms with Gasteiger partial charge in [-0.1, -0.05) is 68.1 Å². The van der Waals surface area contributed by atoms with E-state index in [4.69, 9.17) is 9.84 Å². The molecule has 4 aromatic rings. The summed E-state index contributed by atoms with van der Waals surface area (Å²) in [6, 6.07) is 18.8. The van der Waals surface area contributed by atoms with E-state index in [9.17, 15) is 9.18 Å². The van der Waals surface area contributed by atoms with Crippen LogP contribution >= 0.6 is 11.8 Å². The highest BCUT2D eigenvalue weighted by atomic mass is 32.2. The highest BCUT2D eigenvalue weighted by Crippen LogP contribution is 2.26. The Morgan fingerprint density at radius 3 is 2.56 bits per heavy atom. The first kappa shape index (κ1) is 29.2. The number of rotatable bonds is 14. The van der Waals surface area contributed by atoms with E-state index in [-0.39, 0.29) is 11.4 Å². The molecule has 2 heterocycles. The molecule has 0 saturated carbocycles. The van der Waals surface area contributed by atoms with Gasteiger partial charge in [0.15, 0.2) is 5.16 Å². The molecule has 0 saturated heterocycles. The SMILES string of the molecule is CCN(CC)CCn1nc(-c2ccccc2)cc1COCCn1c(SCc2ccc(F)cc2)nc(=O)c2c1CCC2. The lowest BCUT2D eigenvalue weighted by molar-refractivity contribution is 0.104. The van der Waals surface area contributed by atoms with Crippen molar-refractivity contribution < 1.29 is 9.13 Å². The summed E-state index contributed by atoms with van der Waals surface area (Å²) in [6.45, 7) is 9.66. The molecular weight excluding hydrogens is 537 g/mol. The standard InChI is InChI=1S/C32H38FN5O2S/c1-3-36(4-2)17-18-38-27(21-29(35-38)25-9-6-5-7-10-25)22-40-20-19-37-30-12-8-11-28(30)31(39)34-32(37)41-23-24-13-15-26(33)16-14-24/h5-7,9-10,13-16,21H,3-4,8,11-12,17-20,22-23H2,1-2H3. The predicted octanol–water partition coefficient (Wildman–Crippen LogP) is 5.59. The molecule has 5 rings (SSSR count). The molecule has 2 aromatic heterocycles. The second kappa shape index (κ2) is 14.1. The van der Waals surface area contributed by atoms with E-state index in [0.717, 1.165) is 79.2 Å². The van der Waals surface area contributed by atoms with Crippen LogP contribution in [0.4, 0.5) is 4.39 Å². The van der Waals surface area contributed by atoms with Crippen LogP contribution in [0, 0.1) is 5.82 Å². The molecule has 0 unspecified atom stereocenters. The van der Waals surface area contributed by atoms with Gasteiger partial charge in [-0.05, 0) is 56.1 Å². The van der Waals surface area contributed by atoms with E-state index < -0.39 is 0 Å². The van der Waals surface area contributed by atoms with Crippen molar-refractivity contribution in [2.24, 2.45) is 0 Å². The van der Waals surface area contributed by atoms with Crippen molar-refractivity contribution in [1.82, 2.24) is 24.2 Å². The summed E-state index contributed by atoms with van der Waals surface area (Å²) in [6.07, 6.45) is 2.61. The fraction of sp³-hybridized carbons (Fsp3) is 0.406. The van der Waals surface area contributed by atoms with Crippen LogP contribution in [0.5, 0.6) is 0 Å². The molecule has 0 spiro atoms.